The number of aromatic nitrogens is 2. The van der Waals surface area contributed by atoms with E-state index in [9.17, 15) is 9.59 Å². The normalized spacial score (nSPS) is 10.9. The molecule has 1 aromatic heterocycles. The third-order valence-electron chi connectivity index (χ3n) is 4.53. The summed E-state index contributed by atoms with van der Waals surface area (Å²) in [6.45, 7) is 6.57. The molecule has 6 nitrogen and oxygen atoms in total. The molecule has 0 aliphatic carbocycles. The molecule has 6 heteroatoms. The van der Waals surface area contributed by atoms with Crippen molar-refractivity contribution in [3.8, 4) is 0 Å². The highest BCUT2D eigenvalue weighted by molar-refractivity contribution is 5.95. The van der Waals surface area contributed by atoms with Crippen LogP contribution < -0.4 is 0 Å². The van der Waals surface area contributed by atoms with Gasteiger partial charge in [-0.2, -0.15) is 5.10 Å². The number of benzene rings is 1. The van der Waals surface area contributed by atoms with Gasteiger partial charge in [-0.05, 0) is 37.5 Å². The van der Waals surface area contributed by atoms with E-state index in [1.165, 1.54) is 0 Å². The molecule has 0 saturated heterocycles. The first-order chi connectivity index (χ1) is 11.9. The van der Waals surface area contributed by atoms with Crippen molar-refractivity contribution in [2.45, 2.75) is 46.2 Å². The van der Waals surface area contributed by atoms with Gasteiger partial charge in [0.1, 0.15) is 0 Å². The van der Waals surface area contributed by atoms with E-state index >= 15 is 0 Å². The van der Waals surface area contributed by atoms with Crippen LogP contribution in [0.3, 0.4) is 0 Å². The molecule has 0 spiro atoms. The molecular weight excluding hydrogens is 318 g/mol. The Labute approximate surface area is 148 Å². The predicted octanol–water partition coefficient (Wildman–Crippen LogP) is 3.52. The second kappa shape index (κ2) is 7.96. The summed E-state index contributed by atoms with van der Waals surface area (Å²) in [7, 11) is 1.74. The van der Waals surface area contributed by atoms with Gasteiger partial charge in [0.2, 0.25) is 0 Å². The third-order valence-corrected chi connectivity index (χ3v) is 4.53. The number of hydrogen-bond donors (Lipinski definition) is 1. The van der Waals surface area contributed by atoms with Gasteiger partial charge >= 0.3 is 5.97 Å². The molecule has 134 valence electrons. The summed E-state index contributed by atoms with van der Waals surface area (Å²) in [4.78, 5) is 25.3. The van der Waals surface area contributed by atoms with Gasteiger partial charge in [-0.1, -0.05) is 26.0 Å². The molecule has 0 bridgehead atoms. The zero-order valence-electron chi connectivity index (χ0n) is 15.2. The molecule has 2 aromatic rings. The standard InChI is InChI=1S/C19H25N3O3/c1-5-16(6-2)22-13(3)17(11-20-22)18(23)21(4)12-14-7-9-15(10-8-14)19(24)25/h7-11,16H,5-6,12H2,1-4H3,(H,24,25). The Morgan fingerprint density at radius 1 is 1.20 bits per heavy atom. The Bertz CT molecular complexity index is 746. The fourth-order valence-electron chi connectivity index (χ4n) is 2.94. The number of hydrogen-bond acceptors (Lipinski definition) is 3. The quantitative estimate of drug-likeness (QED) is 0.834. The molecule has 0 aliphatic heterocycles. The summed E-state index contributed by atoms with van der Waals surface area (Å²) in [5.41, 5.74) is 2.61. The minimum Gasteiger partial charge on any atom is -0.478 e. The summed E-state index contributed by atoms with van der Waals surface area (Å²) in [6, 6.07) is 6.86. The first-order valence-corrected chi connectivity index (χ1v) is 8.50. The Morgan fingerprint density at radius 3 is 2.32 bits per heavy atom. The van der Waals surface area contributed by atoms with Crippen LogP contribution in [-0.4, -0.2) is 38.7 Å². The molecule has 0 unspecified atom stereocenters. The first-order valence-electron chi connectivity index (χ1n) is 8.50. The van der Waals surface area contributed by atoms with E-state index in [2.05, 4.69) is 18.9 Å². The lowest BCUT2D eigenvalue weighted by Gasteiger charge is -2.18. The SMILES string of the molecule is CCC(CC)n1ncc(C(=O)N(C)Cc2ccc(C(=O)O)cc2)c1C. The van der Waals surface area contributed by atoms with E-state index in [4.69, 9.17) is 5.11 Å². The van der Waals surface area contributed by atoms with Gasteiger partial charge in [0.25, 0.3) is 5.91 Å². The average molecular weight is 343 g/mol. The third kappa shape index (κ3) is 4.07. The van der Waals surface area contributed by atoms with E-state index in [1.807, 2.05) is 11.6 Å². The minimum absolute atomic E-state index is 0.0861. The van der Waals surface area contributed by atoms with Crippen LogP contribution in [0.5, 0.6) is 0 Å². The zero-order valence-corrected chi connectivity index (χ0v) is 15.2. The molecule has 25 heavy (non-hydrogen) atoms. The van der Waals surface area contributed by atoms with Gasteiger partial charge in [-0.15, -0.1) is 0 Å². The number of carbonyl (C=O) groups excluding carboxylic acids is 1. The number of nitrogens with zero attached hydrogens (tertiary/aromatic N) is 3. The maximum absolute atomic E-state index is 12.7. The number of amides is 1. The molecule has 0 atom stereocenters. The predicted molar refractivity (Wildman–Crippen MR) is 95.8 cm³/mol. The molecule has 1 N–H and O–H groups in total. The maximum Gasteiger partial charge on any atom is 0.335 e. The Morgan fingerprint density at radius 2 is 1.80 bits per heavy atom. The van der Waals surface area contributed by atoms with E-state index < -0.39 is 5.97 Å². The van der Waals surface area contributed by atoms with E-state index in [1.54, 1.807) is 42.4 Å². The van der Waals surface area contributed by atoms with Crippen molar-refractivity contribution in [2.24, 2.45) is 0 Å². The highest BCUT2D eigenvalue weighted by atomic mass is 16.4. The van der Waals surface area contributed by atoms with Crippen LogP contribution in [0.25, 0.3) is 0 Å². The van der Waals surface area contributed by atoms with Gasteiger partial charge in [0, 0.05) is 19.3 Å². The minimum atomic E-state index is -0.958. The number of carbonyl (C=O) groups is 2. The van der Waals surface area contributed by atoms with Crippen molar-refractivity contribution >= 4 is 11.9 Å². The summed E-state index contributed by atoms with van der Waals surface area (Å²) >= 11 is 0. The van der Waals surface area contributed by atoms with Crippen molar-refractivity contribution in [3.63, 3.8) is 0 Å². The lowest BCUT2D eigenvalue weighted by molar-refractivity contribution is 0.0695. The van der Waals surface area contributed by atoms with Crippen molar-refractivity contribution in [1.82, 2.24) is 14.7 Å². The smallest absolute Gasteiger partial charge is 0.335 e. The van der Waals surface area contributed by atoms with Gasteiger partial charge in [0.15, 0.2) is 0 Å². The fourth-order valence-corrected chi connectivity index (χ4v) is 2.94. The summed E-state index contributed by atoms with van der Waals surface area (Å²) in [6.07, 6.45) is 3.58. The monoisotopic (exact) mass is 343 g/mol. The lowest BCUT2D eigenvalue weighted by Crippen LogP contribution is -2.26. The van der Waals surface area contributed by atoms with E-state index in [0.29, 0.717) is 18.2 Å². The number of aromatic carboxylic acids is 1. The topological polar surface area (TPSA) is 75.4 Å². The maximum atomic E-state index is 12.7. The molecular formula is C19H25N3O3. The van der Waals surface area contributed by atoms with Crippen LogP contribution in [-0.2, 0) is 6.54 Å². The van der Waals surface area contributed by atoms with Crippen molar-refractivity contribution in [3.05, 3.63) is 52.8 Å². The van der Waals surface area contributed by atoms with Gasteiger partial charge in [0.05, 0.1) is 23.4 Å². The molecule has 2 rings (SSSR count). The van der Waals surface area contributed by atoms with Crippen LogP contribution in [0.4, 0.5) is 0 Å². The second-order valence-electron chi connectivity index (χ2n) is 6.22. The fraction of sp³-hybridized carbons (Fsp3) is 0.421. The van der Waals surface area contributed by atoms with Crippen LogP contribution >= 0.6 is 0 Å². The van der Waals surface area contributed by atoms with Crippen LogP contribution in [0, 0.1) is 6.92 Å². The zero-order chi connectivity index (χ0) is 18.6. The molecule has 0 radical (unpaired) electrons. The molecule has 1 aromatic carbocycles. The van der Waals surface area contributed by atoms with Crippen LogP contribution in [0.2, 0.25) is 0 Å². The van der Waals surface area contributed by atoms with Crippen molar-refractivity contribution in [1.29, 1.82) is 0 Å². The Balaban J connectivity index is 2.13. The van der Waals surface area contributed by atoms with Gasteiger partial charge in [-0.3, -0.25) is 9.48 Å². The highest BCUT2D eigenvalue weighted by Gasteiger charge is 2.20. The largest absolute Gasteiger partial charge is 0.478 e. The van der Waals surface area contributed by atoms with Crippen LogP contribution in [0.1, 0.15) is 64.7 Å². The second-order valence-corrected chi connectivity index (χ2v) is 6.22. The van der Waals surface area contributed by atoms with E-state index in [-0.39, 0.29) is 11.5 Å². The summed E-state index contributed by atoms with van der Waals surface area (Å²) in [5.74, 6) is -1.04. The Hall–Kier alpha value is -2.63. The first kappa shape index (κ1) is 18.7. The number of rotatable bonds is 7. The average Bonchev–Trinajstić information content (AvgIpc) is 2.97. The number of carboxylic acids is 1. The van der Waals surface area contributed by atoms with Crippen molar-refractivity contribution < 1.29 is 14.7 Å². The van der Waals surface area contributed by atoms with Crippen molar-refractivity contribution in [2.75, 3.05) is 7.05 Å². The van der Waals surface area contributed by atoms with E-state index in [0.717, 1.165) is 24.1 Å². The Kier molecular flexibility index (Phi) is 5.96. The highest BCUT2D eigenvalue weighted by Crippen LogP contribution is 2.20. The molecule has 1 heterocycles. The molecule has 0 fully saturated rings. The molecule has 1 amide bonds. The lowest BCUT2D eigenvalue weighted by atomic mass is 10.1. The summed E-state index contributed by atoms with van der Waals surface area (Å²) < 4.78 is 1.93. The summed E-state index contributed by atoms with van der Waals surface area (Å²) in [5, 5.41) is 13.3. The van der Waals surface area contributed by atoms with Gasteiger partial charge in [-0.25, -0.2) is 4.79 Å². The molecule has 0 saturated carbocycles. The number of carboxylic acid groups (broad SMARTS) is 1. The van der Waals surface area contributed by atoms with Gasteiger partial charge < -0.3 is 10.0 Å². The molecule has 0 aliphatic rings. The van der Waals surface area contributed by atoms with Crippen LogP contribution in [0.15, 0.2) is 30.5 Å².